The van der Waals surface area contributed by atoms with Gasteiger partial charge in [0, 0.05) is 17.8 Å². The van der Waals surface area contributed by atoms with E-state index in [0.29, 0.717) is 35.5 Å². The zero-order chi connectivity index (χ0) is 23.3. The third kappa shape index (κ3) is 3.53. The van der Waals surface area contributed by atoms with Gasteiger partial charge in [0.2, 0.25) is 5.91 Å². The van der Waals surface area contributed by atoms with E-state index >= 15 is 0 Å². The maximum absolute atomic E-state index is 14.0. The second-order valence-corrected chi connectivity index (χ2v) is 10.7. The molecular formula is C26H31N3O3S. The Kier molecular flexibility index (Phi) is 5.47. The minimum absolute atomic E-state index is 0.104. The number of ether oxygens (including phenoxy) is 1. The summed E-state index contributed by atoms with van der Waals surface area (Å²) in [5.41, 5.74) is 1.21. The molecule has 7 heteroatoms. The van der Waals surface area contributed by atoms with E-state index in [0.717, 1.165) is 23.1 Å². The van der Waals surface area contributed by atoms with Crippen LogP contribution in [0.3, 0.4) is 0 Å². The molecule has 5 rings (SSSR count). The average molecular weight is 466 g/mol. The first kappa shape index (κ1) is 22.0. The number of benzene rings is 1. The molecule has 3 heterocycles. The summed E-state index contributed by atoms with van der Waals surface area (Å²) >= 11 is 1.61. The molecule has 2 aromatic heterocycles. The highest BCUT2D eigenvalue weighted by molar-refractivity contribution is 7.17. The highest BCUT2D eigenvalue weighted by Crippen LogP contribution is 2.39. The smallest absolute Gasteiger partial charge is 0.275 e. The zero-order valence-corrected chi connectivity index (χ0v) is 20.4. The van der Waals surface area contributed by atoms with Crippen molar-refractivity contribution in [3.8, 4) is 5.75 Å². The lowest BCUT2D eigenvalue weighted by atomic mass is 9.77. The van der Waals surface area contributed by atoms with Crippen LogP contribution in [0.1, 0.15) is 50.5 Å². The molecule has 0 bridgehead atoms. The van der Waals surface area contributed by atoms with Crippen LogP contribution in [-0.2, 0) is 11.3 Å². The van der Waals surface area contributed by atoms with Crippen LogP contribution < -0.4 is 15.0 Å². The summed E-state index contributed by atoms with van der Waals surface area (Å²) in [4.78, 5) is 29.6. The predicted octanol–water partition coefficient (Wildman–Crippen LogP) is 5.07. The molecule has 1 aromatic carbocycles. The highest BCUT2D eigenvalue weighted by atomic mass is 32.1. The van der Waals surface area contributed by atoms with Crippen molar-refractivity contribution in [2.75, 3.05) is 12.0 Å². The minimum Gasteiger partial charge on any atom is -0.497 e. The molecule has 1 N–H and O–H groups in total. The molecule has 0 radical (unpaired) electrons. The monoisotopic (exact) mass is 465 g/mol. The van der Waals surface area contributed by atoms with Crippen LogP contribution in [0.2, 0.25) is 0 Å². The Morgan fingerprint density at radius 3 is 2.82 bits per heavy atom. The largest absolute Gasteiger partial charge is 0.497 e. The number of nitrogens with one attached hydrogen (secondary N) is 1. The third-order valence-corrected chi connectivity index (χ3v) is 8.58. The van der Waals surface area contributed by atoms with Gasteiger partial charge in [-0.25, -0.2) is 0 Å². The standard InChI is InChI=1S/C26H31N3O3S/c1-16-7-5-10-20(17(16)2)27-25(31)26(3)15-28-21-11-12-33-23(21)14-22(28)24(30)29(26)18-8-6-9-19(13-18)32-4/h6,8-9,11-14,16-17,20H,5,7,10,15H2,1-4H3,(H,27,31). The van der Waals surface area contributed by atoms with Crippen LogP contribution in [0.25, 0.3) is 10.2 Å². The molecular weight excluding hydrogens is 434 g/mol. The van der Waals surface area contributed by atoms with Crippen molar-refractivity contribution in [1.82, 2.24) is 9.88 Å². The number of amides is 2. The first-order valence-corrected chi connectivity index (χ1v) is 12.6. The fourth-order valence-electron chi connectivity index (χ4n) is 5.48. The average Bonchev–Trinajstić information content (AvgIpc) is 3.39. The van der Waals surface area contributed by atoms with Crippen molar-refractivity contribution >= 4 is 39.1 Å². The van der Waals surface area contributed by atoms with Gasteiger partial charge in [-0.2, -0.15) is 0 Å². The quantitative estimate of drug-likeness (QED) is 0.585. The normalized spacial score (nSPS) is 27.5. The molecule has 6 nitrogen and oxygen atoms in total. The number of methoxy groups -OCH3 is 1. The first-order chi connectivity index (χ1) is 15.8. The highest BCUT2D eigenvalue weighted by Gasteiger charge is 2.49. The van der Waals surface area contributed by atoms with E-state index in [2.05, 4.69) is 19.2 Å². The van der Waals surface area contributed by atoms with Crippen LogP contribution in [-0.4, -0.2) is 35.1 Å². The molecule has 3 aromatic rings. The summed E-state index contributed by atoms with van der Waals surface area (Å²) in [5, 5.41) is 5.38. The summed E-state index contributed by atoms with van der Waals surface area (Å²) in [7, 11) is 1.61. The van der Waals surface area contributed by atoms with Gasteiger partial charge < -0.3 is 14.6 Å². The van der Waals surface area contributed by atoms with Crippen molar-refractivity contribution in [2.45, 2.75) is 58.2 Å². The van der Waals surface area contributed by atoms with E-state index in [-0.39, 0.29) is 17.9 Å². The Balaban J connectivity index is 1.59. The Labute approximate surface area is 198 Å². The Morgan fingerprint density at radius 2 is 2.03 bits per heavy atom. The van der Waals surface area contributed by atoms with Gasteiger partial charge in [0.25, 0.3) is 5.91 Å². The lowest BCUT2D eigenvalue weighted by molar-refractivity contribution is -0.128. The molecule has 4 unspecified atom stereocenters. The van der Waals surface area contributed by atoms with E-state index in [4.69, 9.17) is 4.74 Å². The molecule has 1 fully saturated rings. The van der Waals surface area contributed by atoms with Gasteiger partial charge in [0.1, 0.15) is 17.0 Å². The van der Waals surface area contributed by atoms with Crippen LogP contribution in [0.5, 0.6) is 5.75 Å². The van der Waals surface area contributed by atoms with Gasteiger partial charge in [-0.1, -0.05) is 32.8 Å². The third-order valence-electron chi connectivity index (χ3n) is 7.73. The van der Waals surface area contributed by atoms with Crippen LogP contribution >= 0.6 is 11.3 Å². The summed E-state index contributed by atoms with van der Waals surface area (Å²) in [5.74, 6) is 1.36. The molecule has 1 aliphatic heterocycles. The molecule has 2 amide bonds. The summed E-state index contributed by atoms with van der Waals surface area (Å²) in [6, 6.07) is 11.5. The van der Waals surface area contributed by atoms with Crippen molar-refractivity contribution < 1.29 is 14.3 Å². The number of rotatable bonds is 4. The number of fused-ring (bicyclic) bond motifs is 3. The predicted molar refractivity (Wildman–Crippen MR) is 132 cm³/mol. The fourth-order valence-corrected chi connectivity index (χ4v) is 6.30. The maximum Gasteiger partial charge on any atom is 0.275 e. The molecule has 1 aliphatic carbocycles. The van der Waals surface area contributed by atoms with Crippen LogP contribution in [0, 0.1) is 11.8 Å². The zero-order valence-electron chi connectivity index (χ0n) is 19.6. The topological polar surface area (TPSA) is 63.6 Å². The summed E-state index contributed by atoms with van der Waals surface area (Å²) < 4.78 is 8.49. The Hall–Kier alpha value is -2.80. The van der Waals surface area contributed by atoms with E-state index in [1.165, 1.54) is 6.42 Å². The van der Waals surface area contributed by atoms with Gasteiger partial charge in [-0.15, -0.1) is 11.3 Å². The SMILES string of the molecule is COc1cccc(N2C(=O)c3cc4sccc4n3CC2(C)C(=O)NC2CCCC(C)C2C)c1. The second-order valence-electron chi connectivity index (χ2n) is 9.75. The molecule has 1 saturated carbocycles. The Morgan fingerprint density at radius 1 is 1.21 bits per heavy atom. The molecule has 174 valence electrons. The molecule has 0 spiro atoms. The lowest BCUT2D eigenvalue weighted by Crippen LogP contribution is -2.66. The number of hydrogen-bond acceptors (Lipinski definition) is 4. The molecule has 4 atom stereocenters. The van der Waals surface area contributed by atoms with Crippen molar-refractivity contribution in [3.63, 3.8) is 0 Å². The van der Waals surface area contributed by atoms with Gasteiger partial charge >= 0.3 is 0 Å². The fraction of sp³-hybridized carbons (Fsp3) is 0.462. The number of hydrogen-bond donors (Lipinski definition) is 1. The molecule has 2 aliphatic rings. The van der Waals surface area contributed by atoms with Crippen LogP contribution in [0.15, 0.2) is 41.8 Å². The first-order valence-electron chi connectivity index (χ1n) is 11.7. The number of aromatic nitrogens is 1. The number of nitrogens with zero attached hydrogens (tertiary/aromatic N) is 2. The number of carbonyl (C=O) groups is 2. The summed E-state index contributed by atoms with van der Waals surface area (Å²) in [6.45, 7) is 6.77. The van der Waals surface area contributed by atoms with E-state index < -0.39 is 5.54 Å². The van der Waals surface area contributed by atoms with Gasteiger partial charge in [0.05, 0.1) is 23.9 Å². The summed E-state index contributed by atoms with van der Waals surface area (Å²) in [6.07, 6.45) is 3.29. The Bertz CT molecular complexity index is 1210. The number of thiophene rings is 1. The van der Waals surface area contributed by atoms with Crippen molar-refractivity contribution in [3.05, 3.63) is 47.5 Å². The number of anilines is 1. The maximum atomic E-state index is 14.0. The van der Waals surface area contributed by atoms with Gasteiger partial charge in [0.15, 0.2) is 0 Å². The van der Waals surface area contributed by atoms with E-state index in [9.17, 15) is 9.59 Å². The van der Waals surface area contributed by atoms with Crippen molar-refractivity contribution in [2.24, 2.45) is 11.8 Å². The minimum atomic E-state index is -1.08. The number of carbonyl (C=O) groups excluding carboxylic acids is 2. The van der Waals surface area contributed by atoms with Crippen LogP contribution in [0.4, 0.5) is 5.69 Å². The van der Waals surface area contributed by atoms with Gasteiger partial charge in [-0.05, 0) is 54.8 Å². The lowest BCUT2D eigenvalue weighted by Gasteiger charge is -2.45. The van der Waals surface area contributed by atoms with E-state index in [1.54, 1.807) is 23.3 Å². The molecule has 33 heavy (non-hydrogen) atoms. The van der Waals surface area contributed by atoms with E-state index in [1.807, 2.05) is 53.3 Å². The second kappa shape index (κ2) is 8.20. The molecule has 0 saturated heterocycles. The van der Waals surface area contributed by atoms with Crippen molar-refractivity contribution in [1.29, 1.82) is 0 Å². The van der Waals surface area contributed by atoms with Gasteiger partial charge in [-0.3, -0.25) is 14.5 Å².